The minimum absolute atomic E-state index is 0.148. The Morgan fingerprint density at radius 3 is 2.52 bits per heavy atom. The van der Waals surface area contributed by atoms with Crippen LogP contribution >= 0.6 is 0 Å². The van der Waals surface area contributed by atoms with Crippen molar-refractivity contribution in [3.05, 3.63) is 81.6 Å². The third kappa shape index (κ3) is 4.23. The van der Waals surface area contributed by atoms with Gasteiger partial charge in [0.05, 0.1) is 7.11 Å². The maximum Gasteiger partial charge on any atom is 0.328 e. The molecule has 0 saturated carbocycles. The van der Waals surface area contributed by atoms with Gasteiger partial charge in [0.1, 0.15) is 6.04 Å². The fourth-order valence-electron chi connectivity index (χ4n) is 2.95. The Hall–Kier alpha value is -3.41. The maximum atomic E-state index is 12.5. The number of carbonyl (C=O) groups is 2. The smallest absolute Gasteiger partial charge is 0.328 e. The number of amides is 1. The fraction of sp³-hybridized carbons (Fsp3) is 0.190. The molecule has 0 fully saturated rings. The number of pyridine rings is 1. The lowest BCUT2D eigenvalue weighted by molar-refractivity contribution is -0.142. The highest BCUT2D eigenvalue weighted by Gasteiger charge is 2.23. The summed E-state index contributed by atoms with van der Waals surface area (Å²) in [5.74, 6) is -0.945. The molecule has 6 heteroatoms. The number of hydrogen-bond donors (Lipinski definition) is 2. The predicted octanol–water partition coefficient (Wildman–Crippen LogP) is 2.35. The number of H-pyrrole nitrogens is 1. The molecule has 0 bridgehead atoms. The third-order valence-electron chi connectivity index (χ3n) is 4.37. The number of aryl methyl sites for hydroxylation is 1. The summed E-state index contributed by atoms with van der Waals surface area (Å²) in [5.41, 5.74) is 2.55. The molecule has 0 spiro atoms. The molecule has 27 heavy (non-hydrogen) atoms. The Bertz CT molecular complexity index is 1040. The summed E-state index contributed by atoms with van der Waals surface area (Å²) in [6, 6.07) is 14.9. The van der Waals surface area contributed by atoms with Crippen LogP contribution in [-0.4, -0.2) is 30.0 Å². The van der Waals surface area contributed by atoms with E-state index in [4.69, 9.17) is 4.74 Å². The summed E-state index contributed by atoms with van der Waals surface area (Å²) in [6.07, 6.45) is 0.148. The molecule has 2 N–H and O–H groups in total. The van der Waals surface area contributed by atoms with Crippen molar-refractivity contribution < 1.29 is 14.3 Å². The molecule has 0 aliphatic heterocycles. The van der Waals surface area contributed by atoms with E-state index >= 15 is 0 Å². The highest BCUT2D eigenvalue weighted by Crippen LogP contribution is 2.17. The van der Waals surface area contributed by atoms with Crippen molar-refractivity contribution in [3.63, 3.8) is 0 Å². The van der Waals surface area contributed by atoms with Gasteiger partial charge in [-0.1, -0.05) is 35.9 Å². The van der Waals surface area contributed by atoms with E-state index in [2.05, 4.69) is 10.3 Å². The molecule has 3 aromatic rings. The number of methoxy groups -OCH3 is 1. The van der Waals surface area contributed by atoms with Gasteiger partial charge in [-0.25, -0.2) is 4.79 Å². The number of esters is 1. The lowest BCUT2D eigenvalue weighted by Gasteiger charge is -2.17. The van der Waals surface area contributed by atoms with Gasteiger partial charge in [-0.15, -0.1) is 0 Å². The second-order valence-corrected chi connectivity index (χ2v) is 6.32. The summed E-state index contributed by atoms with van der Waals surface area (Å²) >= 11 is 0. The molecule has 6 nitrogen and oxygen atoms in total. The van der Waals surface area contributed by atoms with Crippen LogP contribution in [0.3, 0.4) is 0 Å². The fourth-order valence-corrected chi connectivity index (χ4v) is 2.95. The number of ether oxygens (including phenoxy) is 1. The van der Waals surface area contributed by atoms with Gasteiger partial charge in [-0.3, -0.25) is 9.59 Å². The Balaban J connectivity index is 1.90. The van der Waals surface area contributed by atoms with Crippen LogP contribution in [0.25, 0.3) is 10.9 Å². The van der Waals surface area contributed by atoms with Gasteiger partial charge >= 0.3 is 5.97 Å². The molecular weight excluding hydrogens is 344 g/mol. The van der Waals surface area contributed by atoms with Crippen LogP contribution in [0.1, 0.15) is 21.5 Å². The number of hydrogen-bond acceptors (Lipinski definition) is 4. The minimum atomic E-state index is -0.908. The number of benzene rings is 2. The highest BCUT2D eigenvalue weighted by atomic mass is 16.5. The molecule has 0 radical (unpaired) electrons. The van der Waals surface area contributed by atoms with E-state index in [9.17, 15) is 14.4 Å². The summed E-state index contributed by atoms with van der Waals surface area (Å²) < 4.78 is 4.84. The molecule has 1 aromatic heterocycles. The molecule has 0 saturated heterocycles. The van der Waals surface area contributed by atoms with Crippen molar-refractivity contribution in [1.82, 2.24) is 10.3 Å². The van der Waals surface area contributed by atoms with Gasteiger partial charge in [0, 0.05) is 29.0 Å². The van der Waals surface area contributed by atoms with Crippen molar-refractivity contribution in [1.29, 1.82) is 0 Å². The molecule has 1 unspecified atom stereocenters. The van der Waals surface area contributed by atoms with Crippen LogP contribution in [0.15, 0.2) is 59.4 Å². The lowest BCUT2D eigenvalue weighted by atomic mass is 10.0. The standard InChI is InChI=1S/C21H20N2O4/c1-13-7-9-14(10-8-13)20(25)23-18(21(26)27-2)11-15-12-19(24)22-17-6-4-3-5-16(15)17/h3-10,12,18H,11H2,1-2H3,(H,22,24)(H,23,25). The molecule has 0 aliphatic rings. The lowest BCUT2D eigenvalue weighted by Crippen LogP contribution is -2.43. The Kier molecular flexibility index (Phi) is 5.35. The normalized spacial score (nSPS) is 11.8. The number of fused-ring (bicyclic) bond motifs is 1. The monoisotopic (exact) mass is 364 g/mol. The second kappa shape index (κ2) is 7.86. The average Bonchev–Trinajstić information content (AvgIpc) is 2.67. The first-order chi connectivity index (χ1) is 13.0. The minimum Gasteiger partial charge on any atom is -0.467 e. The first-order valence-electron chi connectivity index (χ1n) is 8.54. The van der Waals surface area contributed by atoms with E-state index in [1.807, 2.05) is 37.3 Å². The summed E-state index contributed by atoms with van der Waals surface area (Å²) in [4.78, 5) is 39.5. The summed E-state index contributed by atoms with van der Waals surface area (Å²) in [6.45, 7) is 1.93. The number of carbonyl (C=O) groups excluding carboxylic acids is 2. The number of para-hydroxylation sites is 1. The third-order valence-corrected chi connectivity index (χ3v) is 4.37. The van der Waals surface area contributed by atoms with Gasteiger partial charge in [0.2, 0.25) is 5.56 Å². The van der Waals surface area contributed by atoms with E-state index in [0.29, 0.717) is 16.6 Å². The molecule has 3 rings (SSSR count). The van der Waals surface area contributed by atoms with E-state index in [0.717, 1.165) is 10.9 Å². The maximum absolute atomic E-state index is 12.5. The number of aromatic nitrogens is 1. The van der Waals surface area contributed by atoms with Gasteiger partial charge in [-0.05, 0) is 30.7 Å². The van der Waals surface area contributed by atoms with Gasteiger partial charge in [0.15, 0.2) is 0 Å². The van der Waals surface area contributed by atoms with Crippen molar-refractivity contribution in [2.75, 3.05) is 7.11 Å². The molecule has 2 aromatic carbocycles. The van der Waals surface area contributed by atoms with Crippen LogP contribution in [0.2, 0.25) is 0 Å². The quantitative estimate of drug-likeness (QED) is 0.680. The van der Waals surface area contributed by atoms with E-state index < -0.39 is 12.0 Å². The Morgan fingerprint density at radius 2 is 1.81 bits per heavy atom. The van der Waals surface area contributed by atoms with Gasteiger partial charge < -0.3 is 15.0 Å². The van der Waals surface area contributed by atoms with Crippen molar-refractivity contribution in [3.8, 4) is 0 Å². The summed E-state index contributed by atoms with van der Waals surface area (Å²) in [5, 5.41) is 3.53. The molecular formula is C21H20N2O4. The van der Waals surface area contributed by atoms with Crippen LogP contribution in [-0.2, 0) is 16.0 Å². The highest BCUT2D eigenvalue weighted by molar-refractivity contribution is 5.97. The summed E-state index contributed by atoms with van der Waals surface area (Å²) in [7, 11) is 1.27. The zero-order chi connectivity index (χ0) is 19.4. The van der Waals surface area contributed by atoms with Crippen molar-refractivity contribution >= 4 is 22.8 Å². The number of aromatic amines is 1. The first kappa shape index (κ1) is 18.4. The number of rotatable bonds is 5. The SMILES string of the molecule is COC(=O)C(Cc1cc(=O)[nH]c2ccccc12)NC(=O)c1ccc(C)cc1. The van der Waals surface area contributed by atoms with E-state index in [1.165, 1.54) is 13.2 Å². The first-order valence-corrected chi connectivity index (χ1v) is 8.54. The van der Waals surface area contributed by atoms with E-state index in [-0.39, 0.29) is 17.9 Å². The van der Waals surface area contributed by atoms with Crippen LogP contribution in [0, 0.1) is 6.92 Å². The van der Waals surface area contributed by atoms with Crippen molar-refractivity contribution in [2.24, 2.45) is 0 Å². The Morgan fingerprint density at radius 1 is 1.11 bits per heavy atom. The zero-order valence-electron chi connectivity index (χ0n) is 15.1. The largest absolute Gasteiger partial charge is 0.467 e. The predicted molar refractivity (Wildman–Crippen MR) is 103 cm³/mol. The van der Waals surface area contributed by atoms with Gasteiger partial charge in [0.25, 0.3) is 5.91 Å². The molecule has 1 heterocycles. The zero-order valence-corrected chi connectivity index (χ0v) is 15.1. The van der Waals surface area contributed by atoms with Crippen LogP contribution in [0.4, 0.5) is 0 Å². The molecule has 1 atom stereocenters. The van der Waals surface area contributed by atoms with Crippen LogP contribution < -0.4 is 10.9 Å². The molecule has 0 aliphatic carbocycles. The van der Waals surface area contributed by atoms with Crippen LogP contribution in [0.5, 0.6) is 0 Å². The average molecular weight is 364 g/mol. The van der Waals surface area contributed by atoms with E-state index in [1.54, 1.807) is 18.2 Å². The number of nitrogens with one attached hydrogen (secondary N) is 2. The molecule has 138 valence electrons. The topological polar surface area (TPSA) is 88.3 Å². The van der Waals surface area contributed by atoms with Gasteiger partial charge in [-0.2, -0.15) is 0 Å². The second-order valence-electron chi connectivity index (χ2n) is 6.32. The Labute approximate surface area is 156 Å². The van der Waals surface area contributed by atoms with Crippen molar-refractivity contribution in [2.45, 2.75) is 19.4 Å². The molecule has 1 amide bonds.